The molecule has 0 amide bonds. The van der Waals surface area contributed by atoms with Crippen LogP contribution in [0.4, 0.5) is 0 Å². The minimum Gasteiger partial charge on any atom is -0.255 e. The van der Waals surface area contributed by atoms with Crippen molar-refractivity contribution >= 4 is 10.8 Å². The molecule has 0 saturated heterocycles. The molecule has 1 unspecified atom stereocenters. The molecule has 0 aliphatic rings. The van der Waals surface area contributed by atoms with Crippen molar-refractivity contribution in [2.24, 2.45) is 0 Å². The maximum Gasteiger partial charge on any atom is 0.0501 e. The van der Waals surface area contributed by atoms with Gasteiger partial charge in [0.2, 0.25) is 0 Å². The molecule has 0 bridgehead atoms. The minimum atomic E-state index is -0.895. The molecule has 1 aromatic rings. The van der Waals surface area contributed by atoms with Gasteiger partial charge in [-0.3, -0.25) is 4.21 Å². The second kappa shape index (κ2) is 3.85. The van der Waals surface area contributed by atoms with Crippen molar-refractivity contribution in [1.82, 2.24) is 0 Å². The summed E-state index contributed by atoms with van der Waals surface area (Å²) < 4.78 is 11.5. The van der Waals surface area contributed by atoms with Gasteiger partial charge in [-0.05, 0) is 24.0 Å². The number of hydrogen-bond donors (Lipinski definition) is 0. The van der Waals surface area contributed by atoms with Crippen molar-refractivity contribution in [3.8, 4) is 0 Å². The van der Waals surface area contributed by atoms with Crippen LogP contribution >= 0.6 is 0 Å². The Labute approximate surface area is 89.0 Å². The highest BCUT2D eigenvalue weighted by Gasteiger charge is 2.19. The maximum atomic E-state index is 11.5. The molecule has 0 radical (unpaired) electrons. The number of rotatable bonds is 1. The van der Waals surface area contributed by atoms with Crippen LogP contribution in [0.1, 0.15) is 31.9 Å². The van der Waals surface area contributed by atoms with Gasteiger partial charge < -0.3 is 0 Å². The number of benzene rings is 1. The van der Waals surface area contributed by atoms with E-state index in [1.165, 1.54) is 11.1 Å². The summed E-state index contributed by atoms with van der Waals surface area (Å²) in [6, 6.07) is 6.13. The molecule has 1 atom stereocenters. The highest BCUT2D eigenvalue weighted by atomic mass is 32.2. The van der Waals surface area contributed by atoms with E-state index >= 15 is 0 Å². The third-order valence-corrected chi connectivity index (χ3v) is 3.23. The normalized spacial score (nSPS) is 14.1. The quantitative estimate of drug-likeness (QED) is 0.696. The van der Waals surface area contributed by atoms with Crippen molar-refractivity contribution in [2.75, 3.05) is 6.26 Å². The summed E-state index contributed by atoms with van der Waals surface area (Å²) in [6.45, 7) is 8.52. The van der Waals surface area contributed by atoms with Crippen molar-refractivity contribution in [3.05, 3.63) is 29.3 Å². The van der Waals surface area contributed by atoms with E-state index in [2.05, 4.69) is 33.8 Å². The fraction of sp³-hybridized carbons (Fsp3) is 0.500. The second-order valence-corrected chi connectivity index (χ2v) is 6.05. The lowest BCUT2D eigenvalue weighted by Gasteiger charge is -2.22. The molecule has 78 valence electrons. The second-order valence-electron chi connectivity index (χ2n) is 4.70. The zero-order valence-corrected chi connectivity index (χ0v) is 10.4. The van der Waals surface area contributed by atoms with E-state index in [1.54, 1.807) is 6.26 Å². The van der Waals surface area contributed by atoms with Gasteiger partial charge in [0.25, 0.3) is 0 Å². The Balaban J connectivity index is 3.38. The summed E-state index contributed by atoms with van der Waals surface area (Å²) >= 11 is 0. The highest BCUT2D eigenvalue weighted by Crippen LogP contribution is 2.28. The van der Waals surface area contributed by atoms with Crippen LogP contribution in [-0.2, 0) is 16.2 Å². The molecule has 0 heterocycles. The van der Waals surface area contributed by atoms with Crippen molar-refractivity contribution in [2.45, 2.75) is 38.0 Å². The summed E-state index contributed by atoms with van der Waals surface area (Å²) in [5, 5.41) is 0. The molecule has 1 aromatic carbocycles. The van der Waals surface area contributed by atoms with Gasteiger partial charge in [0.1, 0.15) is 0 Å². The molecule has 0 saturated carbocycles. The summed E-state index contributed by atoms with van der Waals surface area (Å²) in [6.07, 6.45) is 1.74. The molecule has 1 nitrogen and oxygen atoms in total. The van der Waals surface area contributed by atoms with E-state index in [0.717, 1.165) is 4.90 Å². The molecule has 0 N–H and O–H groups in total. The van der Waals surface area contributed by atoms with Crippen LogP contribution in [0.2, 0.25) is 0 Å². The summed E-state index contributed by atoms with van der Waals surface area (Å²) in [4.78, 5) is 0.961. The Hall–Kier alpha value is -0.630. The lowest BCUT2D eigenvalue weighted by molar-refractivity contribution is 0.575. The first kappa shape index (κ1) is 11.4. The first-order chi connectivity index (χ1) is 6.32. The van der Waals surface area contributed by atoms with Crippen LogP contribution in [0.3, 0.4) is 0 Å². The van der Waals surface area contributed by atoms with Gasteiger partial charge in [-0.25, -0.2) is 0 Å². The van der Waals surface area contributed by atoms with Crippen molar-refractivity contribution in [1.29, 1.82) is 0 Å². The van der Waals surface area contributed by atoms with Gasteiger partial charge in [-0.2, -0.15) is 0 Å². The van der Waals surface area contributed by atoms with Crippen LogP contribution in [-0.4, -0.2) is 10.5 Å². The molecule has 0 fully saturated rings. The highest BCUT2D eigenvalue weighted by molar-refractivity contribution is 7.84. The molecular weight excluding hydrogens is 192 g/mol. The maximum absolute atomic E-state index is 11.5. The van der Waals surface area contributed by atoms with E-state index in [4.69, 9.17) is 0 Å². The lowest BCUT2D eigenvalue weighted by atomic mass is 9.86. The minimum absolute atomic E-state index is 0.0625. The lowest BCUT2D eigenvalue weighted by Crippen LogP contribution is -2.14. The van der Waals surface area contributed by atoms with Crippen LogP contribution in [0.5, 0.6) is 0 Å². The Morgan fingerprint density at radius 2 is 1.79 bits per heavy atom. The number of hydrogen-bond acceptors (Lipinski definition) is 1. The zero-order chi connectivity index (χ0) is 10.9. The van der Waals surface area contributed by atoms with E-state index in [-0.39, 0.29) is 5.41 Å². The molecule has 0 aliphatic carbocycles. The topological polar surface area (TPSA) is 17.1 Å². The Bertz CT molecular complexity index is 361. The fourth-order valence-electron chi connectivity index (χ4n) is 1.48. The molecule has 14 heavy (non-hydrogen) atoms. The van der Waals surface area contributed by atoms with Gasteiger partial charge in [0.15, 0.2) is 0 Å². The van der Waals surface area contributed by atoms with Crippen LogP contribution in [0.25, 0.3) is 0 Å². The Kier molecular flexibility index (Phi) is 3.15. The van der Waals surface area contributed by atoms with E-state index < -0.39 is 10.8 Å². The predicted molar refractivity (Wildman–Crippen MR) is 62.2 cm³/mol. The van der Waals surface area contributed by atoms with Crippen LogP contribution in [0, 0.1) is 6.92 Å². The van der Waals surface area contributed by atoms with E-state index in [0.29, 0.717) is 0 Å². The van der Waals surface area contributed by atoms with Gasteiger partial charge >= 0.3 is 0 Å². The average Bonchev–Trinajstić information content (AvgIpc) is 2.01. The SMILES string of the molecule is Cc1ccc(S(C)=O)c(C(C)(C)C)c1. The molecule has 2 heteroatoms. The molecule has 0 spiro atoms. The summed E-state index contributed by atoms with van der Waals surface area (Å²) in [7, 11) is -0.895. The Morgan fingerprint density at radius 3 is 2.21 bits per heavy atom. The number of aryl methyl sites for hydroxylation is 1. The molecule has 0 aromatic heterocycles. The predicted octanol–water partition coefficient (Wildman–Crippen LogP) is 3.03. The standard InChI is InChI=1S/C12H18OS/c1-9-6-7-11(14(5)13)10(8-9)12(2,3)4/h6-8H,1-5H3. The summed E-state index contributed by atoms with van der Waals surface area (Å²) in [5.41, 5.74) is 2.48. The first-order valence-corrected chi connectivity index (χ1v) is 6.33. The third-order valence-electron chi connectivity index (χ3n) is 2.25. The van der Waals surface area contributed by atoms with Crippen molar-refractivity contribution in [3.63, 3.8) is 0 Å². The van der Waals surface area contributed by atoms with Gasteiger partial charge in [0.05, 0.1) is 10.8 Å². The molecule has 0 aliphatic heterocycles. The van der Waals surface area contributed by atoms with Gasteiger partial charge in [-0.1, -0.05) is 38.5 Å². The van der Waals surface area contributed by atoms with E-state index in [1.807, 2.05) is 12.1 Å². The van der Waals surface area contributed by atoms with E-state index in [9.17, 15) is 4.21 Å². The first-order valence-electron chi connectivity index (χ1n) is 4.77. The monoisotopic (exact) mass is 210 g/mol. The van der Waals surface area contributed by atoms with Gasteiger partial charge in [-0.15, -0.1) is 0 Å². The van der Waals surface area contributed by atoms with Crippen LogP contribution in [0.15, 0.2) is 23.1 Å². The molecular formula is C12H18OS. The van der Waals surface area contributed by atoms with Crippen molar-refractivity contribution < 1.29 is 4.21 Å². The zero-order valence-electron chi connectivity index (χ0n) is 9.55. The molecule has 1 rings (SSSR count). The van der Waals surface area contributed by atoms with Crippen LogP contribution < -0.4 is 0 Å². The average molecular weight is 210 g/mol. The fourth-order valence-corrected chi connectivity index (χ4v) is 2.42. The Morgan fingerprint density at radius 1 is 1.21 bits per heavy atom. The smallest absolute Gasteiger partial charge is 0.0501 e. The van der Waals surface area contributed by atoms with Gasteiger partial charge in [0, 0.05) is 11.2 Å². The third kappa shape index (κ3) is 2.44. The largest absolute Gasteiger partial charge is 0.255 e. The summed E-state index contributed by atoms with van der Waals surface area (Å²) in [5.74, 6) is 0.